The van der Waals surface area contributed by atoms with Crippen LogP contribution in [0.2, 0.25) is 0 Å². The third-order valence-electron chi connectivity index (χ3n) is 3.47. The zero-order chi connectivity index (χ0) is 20.7. The van der Waals surface area contributed by atoms with E-state index in [2.05, 4.69) is 6.58 Å². The number of esters is 1. The van der Waals surface area contributed by atoms with Crippen molar-refractivity contribution >= 4 is 17.6 Å². The number of halogens is 1. The van der Waals surface area contributed by atoms with Gasteiger partial charge in [0.2, 0.25) is 0 Å². The number of rotatable bonds is 22. The van der Waals surface area contributed by atoms with Crippen LogP contribution >= 0.6 is 11.6 Å². The molecule has 0 aromatic carbocycles. The van der Waals surface area contributed by atoms with Crippen LogP contribution in [0, 0.1) is 0 Å². The number of hydrogen-bond acceptors (Lipinski definition) is 7. The summed E-state index contributed by atoms with van der Waals surface area (Å²) in [5.41, 5.74) is 0.381. The molecule has 0 radical (unpaired) electrons. The average Bonchev–Trinajstić information content (AvgIpc) is 2.68. The highest BCUT2D eigenvalue weighted by Gasteiger charge is 2.01. The number of unbranched alkanes of at least 4 members (excludes halogenated alkanes) is 3. The summed E-state index contributed by atoms with van der Waals surface area (Å²) in [5, 5.41) is 0. The second kappa shape index (κ2) is 22.6. The van der Waals surface area contributed by atoms with Crippen molar-refractivity contribution in [3.05, 3.63) is 12.2 Å². The van der Waals surface area contributed by atoms with Crippen LogP contribution in [0.1, 0.15) is 32.6 Å². The van der Waals surface area contributed by atoms with Gasteiger partial charge >= 0.3 is 5.97 Å². The summed E-state index contributed by atoms with van der Waals surface area (Å²) < 4.78 is 31.8. The van der Waals surface area contributed by atoms with Gasteiger partial charge in [-0.25, -0.2) is 4.79 Å². The molecule has 0 saturated carbocycles. The zero-order valence-electron chi connectivity index (χ0n) is 17.3. The minimum atomic E-state index is -0.401. The molecule has 0 aromatic rings. The SMILES string of the molecule is C=C(C)C(=O)OCCOCCOCCOCCOCCOCCCCCCCl. The third kappa shape index (κ3) is 21.6. The molecule has 0 amide bonds. The minimum Gasteiger partial charge on any atom is -0.460 e. The van der Waals surface area contributed by atoms with Gasteiger partial charge in [0.05, 0.1) is 59.5 Å². The lowest BCUT2D eigenvalue weighted by molar-refractivity contribution is -0.140. The lowest BCUT2D eigenvalue weighted by Gasteiger charge is -2.08. The van der Waals surface area contributed by atoms with E-state index in [-0.39, 0.29) is 6.61 Å². The quantitative estimate of drug-likeness (QED) is 0.114. The van der Waals surface area contributed by atoms with Gasteiger partial charge < -0.3 is 28.4 Å². The molecular weight excluding hydrogens is 388 g/mol. The summed E-state index contributed by atoms with van der Waals surface area (Å²) in [7, 11) is 0. The fourth-order valence-electron chi connectivity index (χ4n) is 1.95. The first-order chi connectivity index (χ1) is 13.7. The average molecular weight is 425 g/mol. The van der Waals surface area contributed by atoms with Gasteiger partial charge in [-0.15, -0.1) is 11.6 Å². The Labute approximate surface area is 174 Å². The number of ether oxygens (including phenoxy) is 6. The van der Waals surface area contributed by atoms with E-state index in [0.29, 0.717) is 65.0 Å². The first-order valence-corrected chi connectivity index (χ1v) is 10.5. The maximum atomic E-state index is 11.1. The standard InChI is InChI=1S/C20H37ClO7/c1-19(2)20(22)28-18-17-27-16-15-26-14-13-25-12-11-24-10-9-23-8-6-4-3-5-7-21/h1,3-18H2,2H3. The van der Waals surface area contributed by atoms with E-state index in [9.17, 15) is 4.79 Å². The van der Waals surface area contributed by atoms with E-state index in [4.69, 9.17) is 40.0 Å². The summed E-state index contributed by atoms with van der Waals surface area (Å²) in [6.07, 6.45) is 4.50. The Bertz CT molecular complexity index is 366. The molecular formula is C20H37ClO7. The molecule has 0 rings (SSSR count). The molecule has 0 fully saturated rings. The van der Waals surface area contributed by atoms with Gasteiger partial charge in [-0.3, -0.25) is 0 Å². The largest absolute Gasteiger partial charge is 0.460 e. The monoisotopic (exact) mass is 424 g/mol. The Morgan fingerprint density at radius 1 is 0.643 bits per heavy atom. The van der Waals surface area contributed by atoms with Gasteiger partial charge in [0.15, 0.2) is 0 Å². The van der Waals surface area contributed by atoms with E-state index in [1.54, 1.807) is 6.92 Å². The number of carbonyl (C=O) groups excluding carboxylic acids is 1. The predicted octanol–water partition coefficient (Wildman–Crippen LogP) is 2.99. The second-order valence-corrected chi connectivity index (χ2v) is 6.46. The third-order valence-corrected chi connectivity index (χ3v) is 3.74. The summed E-state index contributed by atoms with van der Waals surface area (Å²) in [6, 6.07) is 0. The lowest BCUT2D eigenvalue weighted by Crippen LogP contribution is -2.15. The molecule has 166 valence electrons. The molecule has 0 spiro atoms. The minimum absolute atomic E-state index is 0.217. The molecule has 0 atom stereocenters. The number of carbonyl (C=O) groups is 1. The molecule has 0 N–H and O–H groups in total. The molecule has 7 nitrogen and oxygen atoms in total. The van der Waals surface area contributed by atoms with Crippen molar-refractivity contribution in [3.8, 4) is 0 Å². The Balaban J connectivity index is 3.05. The highest BCUT2D eigenvalue weighted by Crippen LogP contribution is 2.01. The van der Waals surface area contributed by atoms with Crippen molar-refractivity contribution in [1.82, 2.24) is 0 Å². The molecule has 28 heavy (non-hydrogen) atoms. The Kier molecular flexibility index (Phi) is 22.0. The summed E-state index contributed by atoms with van der Waals surface area (Å²) >= 11 is 5.62. The number of hydrogen-bond donors (Lipinski definition) is 0. The summed E-state index contributed by atoms with van der Waals surface area (Å²) in [6.45, 7) is 10.6. The second-order valence-electron chi connectivity index (χ2n) is 6.08. The van der Waals surface area contributed by atoms with Crippen molar-refractivity contribution in [2.45, 2.75) is 32.6 Å². The first-order valence-electron chi connectivity index (χ1n) is 9.95. The molecule has 0 aliphatic carbocycles. The predicted molar refractivity (Wildman–Crippen MR) is 109 cm³/mol. The van der Waals surface area contributed by atoms with Gasteiger partial charge in [-0.2, -0.15) is 0 Å². The molecule has 8 heteroatoms. The van der Waals surface area contributed by atoms with Crippen molar-refractivity contribution in [2.24, 2.45) is 0 Å². The maximum Gasteiger partial charge on any atom is 0.333 e. The van der Waals surface area contributed by atoms with E-state index >= 15 is 0 Å². The van der Waals surface area contributed by atoms with Crippen LogP contribution in [0.3, 0.4) is 0 Å². The van der Waals surface area contributed by atoms with Crippen molar-refractivity contribution in [2.75, 3.05) is 78.6 Å². The van der Waals surface area contributed by atoms with E-state index in [0.717, 1.165) is 25.3 Å². The zero-order valence-corrected chi connectivity index (χ0v) is 18.0. The molecule has 0 aliphatic heterocycles. The van der Waals surface area contributed by atoms with Crippen molar-refractivity contribution < 1.29 is 33.2 Å². The Morgan fingerprint density at radius 3 is 1.46 bits per heavy atom. The topological polar surface area (TPSA) is 72.5 Å². The van der Waals surface area contributed by atoms with Crippen LogP contribution in [0.25, 0.3) is 0 Å². The van der Waals surface area contributed by atoms with Gasteiger partial charge in [0.25, 0.3) is 0 Å². The van der Waals surface area contributed by atoms with Gasteiger partial charge in [-0.05, 0) is 19.8 Å². The van der Waals surface area contributed by atoms with Crippen LogP contribution in [0.4, 0.5) is 0 Å². The molecule has 0 bridgehead atoms. The first kappa shape index (κ1) is 27.3. The Morgan fingerprint density at radius 2 is 1.04 bits per heavy atom. The maximum absolute atomic E-state index is 11.1. The van der Waals surface area contributed by atoms with Crippen LogP contribution in [-0.4, -0.2) is 84.5 Å². The summed E-state index contributed by atoms with van der Waals surface area (Å²) in [4.78, 5) is 11.1. The fourth-order valence-corrected chi connectivity index (χ4v) is 2.14. The van der Waals surface area contributed by atoms with Crippen molar-refractivity contribution in [3.63, 3.8) is 0 Å². The molecule has 0 aliphatic rings. The van der Waals surface area contributed by atoms with E-state index in [1.165, 1.54) is 12.8 Å². The molecule has 0 aromatic heterocycles. The molecule has 0 unspecified atom stereocenters. The fraction of sp³-hybridized carbons (Fsp3) is 0.850. The van der Waals surface area contributed by atoms with Crippen LogP contribution in [0.5, 0.6) is 0 Å². The Hall–Kier alpha value is -0.700. The highest BCUT2D eigenvalue weighted by atomic mass is 35.5. The lowest BCUT2D eigenvalue weighted by atomic mass is 10.2. The van der Waals surface area contributed by atoms with E-state index in [1.807, 2.05) is 0 Å². The van der Waals surface area contributed by atoms with Crippen LogP contribution in [0.15, 0.2) is 12.2 Å². The summed E-state index contributed by atoms with van der Waals surface area (Å²) in [5.74, 6) is 0.343. The van der Waals surface area contributed by atoms with Gasteiger partial charge in [0.1, 0.15) is 6.61 Å². The van der Waals surface area contributed by atoms with Crippen LogP contribution in [-0.2, 0) is 33.2 Å². The molecule has 0 saturated heterocycles. The van der Waals surface area contributed by atoms with Crippen molar-refractivity contribution in [1.29, 1.82) is 0 Å². The normalized spacial score (nSPS) is 10.9. The number of alkyl halides is 1. The van der Waals surface area contributed by atoms with Gasteiger partial charge in [0, 0.05) is 18.1 Å². The highest BCUT2D eigenvalue weighted by molar-refractivity contribution is 6.17. The van der Waals surface area contributed by atoms with Gasteiger partial charge in [-0.1, -0.05) is 19.4 Å². The van der Waals surface area contributed by atoms with Crippen LogP contribution < -0.4 is 0 Å². The molecule has 0 heterocycles. The van der Waals surface area contributed by atoms with E-state index < -0.39 is 5.97 Å². The smallest absolute Gasteiger partial charge is 0.333 e.